The summed E-state index contributed by atoms with van der Waals surface area (Å²) in [7, 11) is 4.68. The van der Waals surface area contributed by atoms with Gasteiger partial charge in [0.1, 0.15) is 34.5 Å². The van der Waals surface area contributed by atoms with Crippen LogP contribution in [0.15, 0.2) is 84.9 Å². The Bertz CT molecular complexity index is 1910. The van der Waals surface area contributed by atoms with Crippen molar-refractivity contribution < 1.29 is 29.5 Å². The van der Waals surface area contributed by atoms with Crippen LogP contribution in [-0.2, 0) is 0 Å². The van der Waals surface area contributed by atoms with Crippen molar-refractivity contribution in [3.63, 3.8) is 0 Å². The standard InChI is InChI=1S/C33H26O6/c1-37-26-10-4-7-18-13-14-22(32(35)29(18)26)23-17-24(33(36)31-21(23)9-6-12-28(31)39-3)19-15-16-25(34)30-20(19)8-5-11-27(30)38-2/h4-17,34-36H,1-3H3. The van der Waals surface area contributed by atoms with Crippen LogP contribution in [0.1, 0.15) is 0 Å². The Labute approximate surface area is 224 Å². The first-order chi connectivity index (χ1) is 19.0. The molecule has 0 radical (unpaired) electrons. The summed E-state index contributed by atoms with van der Waals surface area (Å²) in [5.41, 5.74) is 2.48. The van der Waals surface area contributed by atoms with Crippen LogP contribution >= 0.6 is 0 Å². The van der Waals surface area contributed by atoms with E-state index in [0.717, 1.165) is 5.39 Å². The molecule has 0 unspecified atom stereocenters. The minimum Gasteiger partial charge on any atom is -0.507 e. The molecule has 0 bridgehead atoms. The largest absolute Gasteiger partial charge is 0.507 e. The lowest BCUT2D eigenvalue weighted by atomic mass is 9.88. The average Bonchev–Trinajstić information content (AvgIpc) is 2.97. The first-order valence-electron chi connectivity index (χ1n) is 12.4. The molecule has 0 saturated heterocycles. The number of ether oxygens (including phenoxy) is 3. The molecular formula is C33H26O6. The molecule has 3 N–H and O–H groups in total. The molecule has 6 heteroatoms. The number of methoxy groups -OCH3 is 3. The van der Waals surface area contributed by atoms with E-state index in [1.54, 1.807) is 45.6 Å². The maximum atomic E-state index is 11.7. The lowest BCUT2D eigenvalue weighted by Gasteiger charge is -2.19. The fourth-order valence-corrected chi connectivity index (χ4v) is 5.50. The molecule has 0 aliphatic rings. The average molecular weight is 519 g/mol. The van der Waals surface area contributed by atoms with Crippen molar-refractivity contribution in [1.29, 1.82) is 0 Å². The quantitative estimate of drug-likeness (QED) is 0.218. The molecule has 6 rings (SSSR count). The second kappa shape index (κ2) is 9.33. The topological polar surface area (TPSA) is 88.4 Å². The van der Waals surface area contributed by atoms with E-state index in [-0.39, 0.29) is 17.2 Å². The molecule has 0 atom stereocenters. The maximum Gasteiger partial charge on any atom is 0.135 e. The van der Waals surface area contributed by atoms with Gasteiger partial charge in [-0.1, -0.05) is 42.5 Å². The van der Waals surface area contributed by atoms with Gasteiger partial charge in [-0.3, -0.25) is 0 Å². The van der Waals surface area contributed by atoms with Gasteiger partial charge in [0.25, 0.3) is 0 Å². The first kappa shape index (κ1) is 24.2. The summed E-state index contributed by atoms with van der Waals surface area (Å²) in [6, 6.07) is 25.6. The Morgan fingerprint density at radius 1 is 0.462 bits per heavy atom. The van der Waals surface area contributed by atoms with E-state index in [9.17, 15) is 15.3 Å². The third-order valence-corrected chi connectivity index (χ3v) is 7.30. The number of fused-ring (bicyclic) bond motifs is 3. The van der Waals surface area contributed by atoms with Gasteiger partial charge in [0, 0.05) is 11.1 Å². The lowest BCUT2D eigenvalue weighted by molar-refractivity contribution is 0.415. The summed E-state index contributed by atoms with van der Waals surface area (Å²) in [6.07, 6.45) is 0. The monoisotopic (exact) mass is 518 g/mol. The predicted molar refractivity (Wildman–Crippen MR) is 154 cm³/mol. The van der Waals surface area contributed by atoms with Gasteiger partial charge in [0.2, 0.25) is 0 Å². The highest BCUT2D eigenvalue weighted by Gasteiger charge is 2.22. The molecule has 0 aliphatic carbocycles. The van der Waals surface area contributed by atoms with Gasteiger partial charge >= 0.3 is 0 Å². The second-order valence-corrected chi connectivity index (χ2v) is 9.24. The highest BCUT2D eigenvalue weighted by atomic mass is 16.5. The molecule has 39 heavy (non-hydrogen) atoms. The van der Waals surface area contributed by atoms with Crippen LogP contribution in [-0.4, -0.2) is 36.6 Å². The van der Waals surface area contributed by atoms with E-state index >= 15 is 0 Å². The normalized spacial score (nSPS) is 11.3. The number of phenolic OH excluding ortho intramolecular Hbond substituents is 3. The van der Waals surface area contributed by atoms with E-state index in [1.165, 1.54) is 0 Å². The summed E-state index contributed by atoms with van der Waals surface area (Å²) in [6.45, 7) is 0. The molecule has 0 aromatic heterocycles. The highest BCUT2D eigenvalue weighted by molar-refractivity contribution is 6.13. The van der Waals surface area contributed by atoms with Crippen LogP contribution < -0.4 is 14.2 Å². The summed E-state index contributed by atoms with van der Waals surface area (Å²) in [4.78, 5) is 0. The Hall–Kier alpha value is -5.10. The molecule has 0 heterocycles. The zero-order valence-electron chi connectivity index (χ0n) is 21.6. The van der Waals surface area contributed by atoms with Crippen molar-refractivity contribution in [2.75, 3.05) is 21.3 Å². The van der Waals surface area contributed by atoms with E-state index in [1.807, 2.05) is 60.7 Å². The number of hydrogen-bond acceptors (Lipinski definition) is 6. The molecule has 0 spiro atoms. The lowest BCUT2D eigenvalue weighted by Crippen LogP contribution is -1.93. The third-order valence-electron chi connectivity index (χ3n) is 7.30. The number of rotatable bonds is 5. The number of aromatic hydroxyl groups is 3. The zero-order valence-corrected chi connectivity index (χ0v) is 21.6. The molecule has 6 nitrogen and oxygen atoms in total. The molecule has 0 saturated carbocycles. The highest BCUT2D eigenvalue weighted by Crippen LogP contribution is 2.50. The molecule has 0 amide bonds. The van der Waals surface area contributed by atoms with Gasteiger partial charge < -0.3 is 29.5 Å². The fraction of sp³-hybridized carbons (Fsp3) is 0.0909. The number of hydrogen-bond donors (Lipinski definition) is 3. The number of benzene rings is 6. The Balaban J connectivity index is 1.76. The third kappa shape index (κ3) is 3.64. The van der Waals surface area contributed by atoms with E-state index in [4.69, 9.17) is 14.2 Å². The van der Waals surface area contributed by atoms with Gasteiger partial charge in [0.15, 0.2) is 0 Å². The van der Waals surface area contributed by atoms with Crippen LogP contribution in [0.4, 0.5) is 0 Å². The van der Waals surface area contributed by atoms with Crippen molar-refractivity contribution in [1.82, 2.24) is 0 Å². The fourth-order valence-electron chi connectivity index (χ4n) is 5.50. The molecule has 0 fully saturated rings. The Kier molecular flexibility index (Phi) is 5.80. The van der Waals surface area contributed by atoms with Crippen molar-refractivity contribution in [2.24, 2.45) is 0 Å². The van der Waals surface area contributed by atoms with Crippen molar-refractivity contribution in [2.45, 2.75) is 0 Å². The van der Waals surface area contributed by atoms with Crippen molar-refractivity contribution in [3.8, 4) is 56.8 Å². The summed E-state index contributed by atoms with van der Waals surface area (Å²) in [5.74, 6) is 1.74. The van der Waals surface area contributed by atoms with Gasteiger partial charge in [0.05, 0.1) is 37.5 Å². The minimum atomic E-state index is 0.0267. The predicted octanol–water partition coefficient (Wildman–Crippen LogP) is 7.62. The van der Waals surface area contributed by atoms with Gasteiger partial charge in [-0.25, -0.2) is 0 Å². The van der Waals surface area contributed by atoms with Crippen LogP contribution in [0.5, 0.6) is 34.5 Å². The minimum absolute atomic E-state index is 0.0267. The zero-order chi connectivity index (χ0) is 27.3. The Morgan fingerprint density at radius 3 is 1.67 bits per heavy atom. The van der Waals surface area contributed by atoms with Crippen LogP contribution in [0.25, 0.3) is 54.6 Å². The van der Waals surface area contributed by atoms with Crippen LogP contribution in [0.3, 0.4) is 0 Å². The molecule has 6 aromatic rings. The van der Waals surface area contributed by atoms with Crippen molar-refractivity contribution in [3.05, 3.63) is 84.9 Å². The van der Waals surface area contributed by atoms with Gasteiger partial charge in [-0.15, -0.1) is 0 Å². The maximum absolute atomic E-state index is 11.7. The molecular weight excluding hydrogens is 492 g/mol. The first-order valence-corrected chi connectivity index (χ1v) is 12.4. The van der Waals surface area contributed by atoms with Crippen LogP contribution in [0.2, 0.25) is 0 Å². The van der Waals surface area contributed by atoms with Gasteiger partial charge in [-0.2, -0.15) is 0 Å². The van der Waals surface area contributed by atoms with Crippen LogP contribution in [0, 0.1) is 0 Å². The smallest absolute Gasteiger partial charge is 0.135 e. The van der Waals surface area contributed by atoms with E-state index < -0.39 is 0 Å². The molecule has 194 valence electrons. The second-order valence-electron chi connectivity index (χ2n) is 9.24. The summed E-state index contributed by atoms with van der Waals surface area (Å²) < 4.78 is 16.7. The summed E-state index contributed by atoms with van der Waals surface area (Å²) >= 11 is 0. The SMILES string of the molecule is COc1cccc2ccc(-c3cc(-c4ccc(O)c5c(OC)cccc45)c(O)c4c(OC)cccc34)c(O)c12. The van der Waals surface area contributed by atoms with Gasteiger partial charge in [-0.05, 0) is 69.8 Å². The van der Waals surface area contributed by atoms with E-state index in [2.05, 4.69) is 0 Å². The summed E-state index contributed by atoms with van der Waals surface area (Å²) in [5, 5.41) is 37.9. The van der Waals surface area contributed by atoms with E-state index in [0.29, 0.717) is 66.4 Å². The molecule has 0 aliphatic heterocycles. The van der Waals surface area contributed by atoms with Crippen molar-refractivity contribution >= 4 is 32.3 Å². The number of phenols is 3. The Morgan fingerprint density at radius 2 is 1.00 bits per heavy atom. The molecule has 6 aromatic carbocycles.